The van der Waals surface area contributed by atoms with Gasteiger partial charge >= 0.3 is 0 Å². The van der Waals surface area contributed by atoms with Crippen molar-refractivity contribution in [2.24, 2.45) is 5.73 Å². The van der Waals surface area contributed by atoms with Crippen LogP contribution < -0.4 is 27.3 Å². The average Bonchev–Trinajstić information content (AvgIpc) is 3.15. The number of benzene rings is 2. The third kappa shape index (κ3) is 4.40. The van der Waals surface area contributed by atoms with Crippen LogP contribution in [0.1, 0.15) is 51.7 Å². The normalized spacial score (nSPS) is 10.9. The lowest BCUT2D eigenvalue weighted by molar-refractivity contribution is 0.0946. The minimum Gasteiger partial charge on any atom is -0.496 e. The summed E-state index contributed by atoms with van der Waals surface area (Å²) in [5, 5.41) is 15.0. The van der Waals surface area contributed by atoms with Crippen LogP contribution in [0.15, 0.2) is 30.3 Å². The van der Waals surface area contributed by atoms with Crippen LogP contribution in [0.5, 0.6) is 5.75 Å². The molecule has 0 aliphatic heterocycles. The molecule has 2 amide bonds. The van der Waals surface area contributed by atoms with Gasteiger partial charge in [-0.25, -0.2) is 9.07 Å². The van der Waals surface area contributed by atoms with Crippen molar-refractivity contribution in [1.82, 2.24) is 15.1 Å². The minimum atomic E-state index is -0.755. The van der Waals surface area contributed by atoms with Gasteiger partial charge in [0.1, 0.15) is 28.6 Å². The number of primary amides is 1. The van der Waals surface area contributed by atoms with Crippen molar-refractivity contribution in [3.8, 4) is 17.0 Å². The molecule has 0 radical (unpaired) electrons. The fraction of sp³-hybridized carbons (Fsp3) is 0.217. The smallest absolute Gasteiger partial charge is 0.255 e. The molecule has 0 bridgehead atoms. The van der Waals surface area contributed by atoms with E-state index in [4.69, 9.17) is 27.3 Å². The lowest BCUT2D eigenvalue weighted by Gasteiger charge is -2.14. The summed E-state index contributed by atoms with van der Waals surface area (Å²) in [5.74, 6) is -1.55. The Kier molecular flexibility index (Phi) is 6.85. The number of carbonyl (C=O) groups is 2. The van der Waals surface area contributed by atoms with Gasteiger partial charge < -0.3 is 32.7 Å². The van der Waals surface area contributed by atoms with Crippen molar-refractivity contribution in [2.45, 2.75) is 26.4 Å². The van der Waals surface area contributed by atoms with Crippen LogP contribution in [0.25, 0.3) is 11.3 Å². The zero-order chi connectivity index (χ0) is 25.2. The summed E-state index contributed by atoms with van der Waals surface area (Å²) in [6.45, 7) is 3.70. The van der Waals surface area contributed by atoms with E-state index in [1.54, 1.807) is 12.1 Å². The molecular weight excluding hydrogens is 441 g/mol. The van der Waals surface area contributed by atoms with E-state index in [9.17, 15) is 14.0 Å². The Hall–Kier alpha value is -4.41. The molecular formula is C23H26FN7O3. The summed E-state index contributed by atoms with van der Waals surface area (Å²) in [6.07, 6.45) is 1.03. The number of halogens is 1. The first-order chi connectivity index (χ1) is 16.1. The summed E-state index contributed by atoms with van der Waals surface area (Å²) >= 11 is 0. The quantitative estimate of drug-likeness (QED) is 0.251. The number of amides is 2. The number of hydrogen-bond acceptors (Lipinski definition) is 7. The predicted octanol–water partition coefficient (Wildman–Crippen LogP) is 2.47. The molecule has 0 fully saturated rings. The molecule has 10 nitrogen and oxygen atoms in total. The topological polar surface area (TPSA) is 175 Å². The van der Waals surface area contributed by atoms with Gasteiger partial charge in [0.15, 0.2) is 0 Å². The number of nitrogens with two attached hydrogens (primary N) is 3. The fourth-order valence-corrected chi connectivity index (χ4v) is 3.60. The molecule has 1 aromatic heterocycles. The van der Waals surface area contributed by atoms with E-state index >= 15 is 0 Å². The van der Waals surface area contributed by atoms with Crippen LogP contribution >= 0.6 is 0 Å². The second-order valence-corrected chi connectivity index (χ2v) is 7.78. The van der Waals surface area contributed by atoms with Crippen LogP contribution in [-0.2, 0) is 6.54 Å². The van der Waals surface area contributed by atoms with E-state index in [2.05, 4.69) is 10.4 Å². The number of aromatic nitrogens is 2. The van der Waals surface area contributed by atoms with Crippen molar-refractivity contribution < 1.29 is 18.7 Å². The predicted molar refractivity (Wildman–Crippen MR) is 127 cm³/mol. The standard InChI is InChI=1S/C23H26FN7O3/c1-11(2)31-21(27)18(22(28)32)20(30-31)14-6-4-12(19(26)16(14)9-25)10-29-23(33)15-8-13(24)5-7-17(15)34-3/h4-9,11,25H,10,26-27H2,1-3H3,(H2,28,32)(H,29,33). The maximum atomic E-state index is 13.6. The monoisotopic (exact) mass is 467 g/mol. The highest BCUT2D eigenvalue weighted by molar-refractivity contribution is 6.06. The van der Waals surface area contributed by atoms with Crippen molar-refractivity contribution in [3.63, 3.8) is 0 Å². The Morgan fingerprint density at radius 1 is 1.26 bits per heavy atom. The van der Waals surface area contributed by atoms with E-state index in [-0.39, 0.29) is 52.2 Å². The molecule has 2 aromatic carbocycles. The molecule has 0 spiro atoms. The molecule has 178 valence electrons. The Morgan fingerprint density at radius 3 is 2.56 bits per heavy atom. The van der Waals surface area contributed by atoms with E-state index in [1.807, 2.05) is 13.8 Å². The lowest BCUT2D eigenvalue weighted by Crippen LogP contribution is -2.24. The highest BCUT2D eigenvalue weighted by Gasteiger charge is 2.25. The summed E-state index contributed by atoms with van der Waals surface area (Å²) in [7, 11) is 1.38. The van der Waals surface area contributed by atoms with E-state index in [0.717, 1.165) is 12.3 Å². The molecule has 0 saturated carbocycles. The number of methoxy groups -OCH3 is 1. The largest absolute Gasteiger partial charge is 0.496 e. The second-order valence-electron chi connectivity index (χ2n) is 7.78. The van der Waals surface area contributed by atoms with Gasteiger partial charge in [-0.3, -0.25) is 9.59 Å². The van der Waals surface area contributed by atoms with Gasteiger partial charge in [-0.1, -0.05) is 12.1 Å². The van der Waals surface area contributed by atoms with Gasteiger partial charge in [-0.2, -0.15) is 5.10 Å². The Bertz CT molecular complexity index is 1280. The highest BCUT2D eigenvalue weighted by Crippen LogP contribution is 2.34. The van der Waals surface area contributed by atoms with Gasteiger partial charge in [-0.05, 0) is 37.6 Å². The third-order valence-corrected chi connectivity index (χ3v) is 5.31. The first-order valence-corrected chi connectivity index (χ1v) is 10.3. The van der Waals surface area contributed by atoms with Crippen molar-refractivity contribution in [3.05, 3.63) is 58.4 Å². The summed E-state index contributed by atoms with van der Waals surface area (Å²) in [5.41, 5.74) is 19.6. The first kappa shape index (κ1) is 24.2. The molecule has 0 atom stereocenters. The summed E-state index contributed by atoms with van der Waals surface area (Å²) < 4.78 is 20.2. The minimum absolute atomic E-state index is 0.00327. The van der Waals surface area contributed by atoms with Crippen LogP contribution in [-0.4, -0.2) is 34.9 Å². The van der Waals surface area contributed by atoms with E-state index in [1.165, 1.54) is 23.9 Å². The van der Waals surface area contributed by atoms with Gasteiger partial charge in [0.25, 0.3) is 11.8 Å². The van der Waals surface area contributed by atoms with Crippen LogP contribution in [0.3, 0.4) is 0 Å². The molecule has 11 heteroatoms. The number of nitrogens with zero attached hydrogens (tertiary/aromatic N) is 2. The molecule has 1 heterocycles. The Balaban J connectivity index is 1.98. The Morgan fingerprint density at radius 2 is 1.97 bits per heavy atom. The number of hydrogen-bond donors (Lipinski definition) is 5. The highest BCUT2D eigenvalue weighted by atomic mass is 19.1. The van der Waals surface area contributed by atoms with Crippen molar-refractivity contribution in [1.29, 1.82) is 5.41 Å². The number of nitrogens with one attached hydrogen (secondary N) is 2. The van der Waals surface area contributed by atoms with Gasteiger partial charge in [-0.15, -0.1) is 0 Å². The van der Waals surface area contributed by atoms with Crippen LogP contribution in [0.4, 0.5) is 15.9 Å². The first-order valence-electron chi connectivity index (χ1n) is 10.3. The molecule has 0 unspecified atom stereocenters. The number of ether oxygens (including phenoxy) is 1. The fourth-order valence-electron chi connectivity index (χ4n) is 3.60. The summed E-state index contributed by atoms with van der Waals surface area (Å²) in [4.78, 5) is 24.7. The summed E-state index contributed by atoms with van der Waals surface area (Å²) in [6, 6.07) is 6.75. The van der Waals surface area contributed by atoms with Crippen LogP contribution in [0.2, 0.25) is 0 Å². The molecule has 3 aromatic rings. The molecule has 0 aliphatic carbocycles. The maximum Gasteiger partial charge on any atom is 0.255 e. The van der Waals surface area contributed by atoms with E-state index in [0.29, 0.717) is 11.1 Å². The third-order valence-electron chi connectivity index (χ3n) is 5.31. The van der Waals surface area contributed by atoms with Crippen LogP contribution in [0, 0.1) is 11.2 Å². The zero-order valence-corrected chi connectivity index (χ0v) is 19.0. The van der Waals surface area contributed by atoms with Gasteiger partial charge in [0.2, 0.25) is 0 Å². The van der Waals surface area contributed by atoms with Crippen molar-refractivity contribution >= 4 is 29.5 Å². The molecule has 0 saturated heterocycles. The average molecular weight is 468 g/mol. The Labute approximate surface area is 195 Å². The molecule has 0 aliphatic rings. The van der Waals surface area contributed by atoms with Gasteiger partial charge in [0, 0.05) is 35.6 Å². The molecule has 34 heavy (non-hydrogen) atoms. The number of carbonyl (C=O) groups excluding carboxylic acids is 2. The number of nitrogen functional groups attached to an aromatic ring is 2. The second kappa shape index (κ2) is 9.61. The molecule has 3 rings (SSSR count). The SMILES string of the molecule is COc1ccc(F)cc1C(=O)NCc1ccc(-c2nn(C(C)C)c(N)c2C(N)=O)c(C=N)c1N. The van der Waals surface area contributed by atoms with Gasteiger partial charge in [0.05, 0.1) is 12.7 Å². The molecule has 8 N–H and O–H groups in total. The zero-order valence-electron chi connectivity index (χ0n) is 19.0. The van der Waals surface area contributed by atoms with Crippen molar-refractivity contribution in [2.75, 3.05) is 18.6 Å². The van der Waals surface area contributed by atoms with E-state index < -0.39 is 17.6 Å². The maximum absolute atomic E-state index is 13.6. The lowest BCUT2D eigenvalue weighted by atomic mass is 9.97. The number of rotatable bonds is 8. The number of anilines is 2.